The molecular formula is C10H10BrN5. The van der Waals surface area contributed by atoms with Crippen molar-refractivity contribution in [3.63, 3.8) is 0 Å². The van der Waals surface area contributed by atoms with E-state index < -0.39 is 0 Å². The molecule has 82 valence electrons. The van der Waals surface area contributed by atoms with Crippen LogP contribution in [0.25, 0.3) is 11.5 Å². The molecule has 0 aliphatic carbocycles. The molecule has 0 radical (unpaired) electrons. The number of hydrogen-bond donors (Lipinski definition) is 1. The number of rotatable bonds is 2. The number of anilines is 1. The van der Waals surface area contributed by atoms with Crippen LogP contribution in [0.3, 0.4) is 0 Å². The Labute approximate surface area is 101 Å². The second-order valence-electron chi connectivity index (χ2n) is 3.14. The second kappa shape index (κ2) is 4.52. The van der Waals surface area contributed by atoms with Crippen LogP contribution in [0, 0.1) is 0 Å². The SMILES string of the molecule is CCc1nc(-c2ccncn2)nc(N)c1Br. The minimum absolute atomic E-state index is 0.431. The maximum atomic E-state index is 5.79. The molecule has 0 unspecified atom stereocenters. The number of nitrogens with zero attached hydrogens (tertiary/aromatic N) is 4. The predicted octanol–water partition coefficient (Wildman–Crippen LogP) is 1.84. The highest BCUT2D eigenvalue weighted by molar-refractivity contribution is 9.10. The van der Waals surface area contributed by atoms with Crippen molar-refractivity contribution in [2.75, 3.05) is 5.73 Å². The van der Waals surface area contributed by atoms with E-state index >= 15 is 0 Å². The van der Waals surface area contributed by atoms with Crippen molar-refractivity contribution in [3.8, 4) is 11.5 Å². The summed E-state index contributed by atoms with van der Waals surface area (Å²) < 4.78 is 0.757. The molecule has 0 spiro atoms. The van der Waals surface area contributed by atoms with Gasteiger partial charge in [-0.2, -0.15) is 0 Å². The Morgan fingerprint density at radius 3 is 2.81 bits per heavy atom. The van der Waals surface area contributed by atoms with Gasteiger partial charge in [-0.25, -0.2) is 19.9 Å². The molecule has 0 aliphatic heterocycles. The van der Waals surface area contributed by atoms with Crippen LogP contribution in [0.1, 0.15) is 12.6 Å². The summed E-state index contributed by atoms with van der Waals surface area (Å²) in [5.74, 6) is 0.959. The summed E-state index contributed by atoms with van der Waals surface area (Å²) in [6.45, 7) is 2.01. The number of hydrogen-bond acceptors (Lipinski definition) is 5. The normalized spacial score (nSPS) is 10.4. The molecule has 0 amide bonds. The zero-order valence-electron chi connectivity index (χ0n) is 8.68. The van der Waals surface area contributed by atoms with Crippen molar-refractivity contribution < 1.29 is 0 Å². The summed E-state index contributed by atoms with van der Waals surface area (Å²) in [4.78, 5) is 16.5. The summed E-state index contributed by atoms with van der Waals surface area (Å²) in [5, 5.41) is 0. The van der Waals surface area contributed by atoms with Crippen LogP contribution in [0.15, 0.2) is 23.1 Å². The summed E-state index contributed by atoms with van der Waals surface area (Å²) in [6, 6.07) is 1.75. The Morgan fingerprint density at radius 1 is 1.38 bits per heavy atom. The summed E-state index contributed by atoms with van der Waals surface area (Å²) >= 11 is 3.36. The Bertz CT molecular complexity index is 500. The lowest BCUT2D eigenvalue weighted by Gasteiger charge is -2.06. The maximum Gasteiger partial charge on any atom is 0.180 e. The van der Waals surface area contributed by atoms with Gasteiger partial charge in [-0.3, -0.25) is 0 Å². The quantitative estimate of drug-likeness (QED) is 0.908. The van der Waals surface area contributed by atoms with Gasteiger partial charge in [0.05, 0.1) is 10.2 Å². The summed E-state index contributed by atoms with van der Waals surface area (Å²) in [6.07, 6.45) is 3.89. The van der Waals surface area contributed by atoms with Gasteiger partial charge in [-0.05, 0) is 28.4 Å². The van der Waals surface area contributed by atoms with E-state index in [-0.39, 0.29) is 0 Å². The lowest BCUT2D eigenvalue weighted by Crippen LogP contribution is -2.02. The van der Waals surface area contributed by atoms with Gasteiger partial charge >= 0.3 is 0 Å². The van der Waals surface area contributed by atoms with Gasteiger partial charge in [0.2, 0.25) is 0 Å². The van der Waals surface area contributed by atoms with Crippen LogP contribution in [0.5, 0.6) is 0 Å². The Balaban J connectivity index is 2.55. The zero-order valence-corrected chi connectivity index (χ0v) is 10.3. The molecule has 2 heterocycles. The predicted molar refractivity (Wildman–Crippen MR) is 64.5 cm³/mol. The topological polar surface area (TPSA) is 77.6 Å². The van der Waals surface area contributed by atoms with Gasteiger partial charge in [0.25, 0.3) is 0 Å². The average molecular weight is 280 g/mol. The van der Waals surface area contributed by atoms with E-state index in [1.54, 1.807) is 12.3 Å². The highest BCUT2D eigenvalue weighted by Gasteiger charge is 2.10. The maximum absolute atomic E-state index is 5.79. The molecule has 0 saturated heterocycles. The fraction of sp³-hybridized carbons (Fsp3) is 0.200. The minimum Gasteiger partial charge on any atom is -0.383 e. The van der Waals surface area contributed by atoms with E-state index in [9.17, 15) is 0 Å². The molecule has 0 atom stereocenters. The Morgan fingerprint density at radius 2 is 2.19 bits per heavy atom. The third kappa shape index (κ3) is 2.01. The van der Waals surface area contributed by atoms with Gasteiger partial charge in [0, 0.05) is 6.20 Å². The third-order valence-electron chi connectivity index (χ3n) is 2.09. The van der Waals surface area contributed by atoms with Gasteiger partial charge in [0.15, 0.2) is 5.82 Å². The molecule has 0 fully saturated rings. The van der Waals surface area contributed by atoms with Gasteiger partial charge < -0.3 is 5.73 Å². The molecule has 0 aliphatic rings. The molecule has 0 aromatic carbocycles. The first-order chi connectivity index (χ1) is 7.72. The lowest BCUT2D eigenvalue weighted by molar-refractivity contribution is 0.985. The lowest BCUT2D eigenvalue weighted by atomic mass is 10.3. The van der Waals surface area contributed by atoms with Crippen molar-refractivity contribution in [2.45, 2.75) is 13.3 Å². The van der Waals surface area contributed by atoms with Crippen molar-refractivity contribution in [1.29, 1.82) is 0 Å². The van der Waals surface area contributed by atoms with E-state index in [0.717, 1.165) is 16.6 Å². The van der Waals surface area contributed by atoms with Crippen molar-refractivity contribution >= 4 is 21.7 Å². The van der Waals surface area contributed by atoms with Crippen LogP contribution in [-0.2, 0) is 6.42 Å². The highest BCUT2D eigenvalue weighted by atomic mass is 79.9. The summed E-state index contributed by atoms with van der Waals surface area (Å²) in [5.41, 5.74) is 7.34. The van der Waals surface area contributed by atoms with Gasteiger partial charge in [-0.15, -0.1) is 0 Å². The minimum atomic E-state index is 0.431. The monoisotopic (exact) mass is 279 g/mol. The summed E-state index contributed by atoms with van der Waals surface area (Å²) in [7, 11) is 0. The smallest absolute Gasteiger partial charge is 0.180 e. The Hall–Kier alpha value is -1.56. The van der Waals surface area contributed by atoms with E-state index in [0.29, 0.717) is 17.3 Å². The fourth-order valence-electron chi connectivity index (χ4n) is 1.28. The standard InChI is InChI=1S/C10H10BrN5/c1-2-6-8(11)9(12)16-10(15-6)7-3-4-13-5-14-7/h3-5H,2H2,1H3,(H2,12,15,16). The number of aromatic nitrogens is 4. The van der Waals surface area contributed by atoms with Crippen LogP contribution >= 0.6 is 15.9 Å². The largest absolute Gasteiger partial charge is 0.383 e. The molecule has 2 rings (SSSR count). The molecule has 0 bridgehead atoms. The first-order valence-electron chi connectivity index (χ1n) is 4.80. The first kappa shape index (κ1) is 10.9. The number of aryl methyl sites for hydroxylation is 1. The molecule has 5 nitrogen and oxygen atoms in total. The van der Waals surface area contributed by atoms with E-state index in [4.69, 9.17) is 5.73 Å². The number of halogens is 1. The number of nitrogen functional groups attached to an aromatic ring is 1. The first-order valence-corrected chi connectivity index (χ1v) is 5.60. The van der Waals surface area contributed by atoms with Crippen molar-refractivity contribution in [1.82, 2.24) is 19.9 Å². The van der Waals surface area contributed by atoms with Crippen LogP contribution < -0.4 is 5.73 Å². The fourth-order valence-corrected chi connectivity index (χ4v) is 1.74. The van der Waals surface area contributed by atoms with Crippen molar-refractivity contribution in [2.24, 2.45) is 0 Å². The van der Waals surface area contributed by atoms with Crippen LogP contribution in [-0.4, -0.2) is 19.9 Å². The highest BCUT2D eigenvalue weighted by Crippen LogP contribution is 2.24. The van der Waals surface area contributed by atoms with Crippen LogP contribution in [0.2, 0.25) is 0 Å². The number of nitrogens with two attached hydrogens (primary N) is 1. The Kier molecular flexibility index (Phi) is 3.09. The van der Waals surface area contributed by atoms with Gasteiger partial charge in [-0.1, -0.05) is 6.92 Å². The molecule has 2 aromatic rings. The van der Waals surface area contributed by atoms with E-state index in [2.05, 4.69) is 35.9 Å². The molecule has 2 N–H and O–H groups in total. The molecule has 2 aromatic heterocycles. The molecule has 0 saturated carbocycles. The third-order valence-corrected chi connectivity index (χ3v) is 2.96. The average Bonchev–Trinajstić information content (AvgIpc) is 2.33. The van der Waals surface area contributed by atoms with E-state index in [1.807, 2.05) is 6.92 Å². The molecular weight excluding hydrogens is 270 g/mol. The zero-order chi connectivity index (χ0) is 11.5. The van der Waals surface area contributed by atoms with E-state index in [1.165, 1.54) is 6.33 Å². The molecule has 6 heteroatoms. The van der Waals surface area contributed by atoms with Crippen molar-refractivity contribution in [3.05, 3.63) is 28.8 Å². The second-order valence-corrected chi connectivity index (χ2v) is 3.93. The van der Waals surface area contributed by atoms with Crippen LogP contribution in [0.4, 0.5) is 5.82 Å². The molecule has 16 heavy (non-hydrogen) atoms. The van der Waals surface area contributed by atoms with Gasteiger partial charge in [0.1, 0.15) is 17.8 Å².